The first-order chi connectivity index (χ1) is 12.9. The summed E-state index contributed by atoms with van der Waals surface area (Å²) in [5, 5.41) is 1.95. The minimum absolute atomic E-state index is 0.0519. The molecular formula is C16H18F3N7O. The molecule has 0 bridgehead atoms. The summed E-state index contributed by atoms with van der Waals surface area (Å²) in [6, 6.07) is -0.700. The molecule has 0 spiro atoms. The standard InChI is InChI=1S/C16H18F3N7O/c1-2-9-5-25(15(27)22-7-16(17,18)19)6-10(9)11-3-20-12-4-21-13-14(26(11)12)24-8-23-13/h3-4,8-10H,2,5-7H2,1H3,(H,22,27)(H,23,24)/t9-,10?/m0/s1. The van der Waals surface area contributed by atoms with Gasteiger partial charge in [-0.15, -0.1) is 0 Å². The highest BCUT2D eigenvalue weighted by molar-refractivity contribution is 5.75. The summed E-state index contributed by atoms with van der Waals surface area (Å²) in [5.41, 5.74) is 2.77. The van der Waals surface area contributed by atoms with Crippen molar-refractivity contribution in [2.24, 2.45) is 5.92 Å². The van der Waals surface area contributed by atoms with E-state index in [1.54, 1.807) is 18.7 Å². The van der Waals surface area contributed by atoms with E-state index in [1.165, 1.54) is 4.90 Å². The van der Waals surface area contributed by atoms with Crippen LogP contribution in [0.2, 0.25) is 0 Å². The molecule has 2 amide bonds. The summed E-state index contributed by atoms with van der Waals surface area (Å²) >= 11 is 0. The predicted molar refractivity (Wildman–Crippen MR) is 90.2 cm³/mol. The monoisotopic (exact) mass is 381 g/mol. The fraction of sp³-hybridized carbons (Fsp3) is 0.500. The molecule has 3 aromatic rings. The van der Waals surface area contributed by atoms with E-state index in [0.29, 0.717) is 30.0 Å². The molecule has 2 N–H and O–H groups in total. The van der Waals surface area contributed by atoms with E-state index >= 15 is 0 Å². The predicted octanol–water partition coefficient (Wildman–Crippen LogP) is 2.30. The molecule has 8 nitrogen and oxygen atoms in total. The third kappa shape index (κ3) is 3.17. The summed E-state index contributed by atoms with van der Waals surface area (Å²) in [4.78, 5) is 29.5. The molecule has 0 aliphatic carbocycles. The van der Waals surface area contributed by atoms with Crippen LogP contribution in [0.1, 0.15) is 25.0 Å². The van der Waals surface area contributed by atoms with Gasteiger partial charge in [0.25, 0.3) is 0 Å². The molecule has 3 aromatic heterocycles. The summed E-state index contributed by atoms with van der Waals surface area (Å²) in [6.07, 6.45) is 1.27. The number of hydrogen-bond acceptors (Lipinski definition) is 4. The van der Waals surface area contributed by atoms with Crippen LogP contribution >= 0.6 is 0 Å². The number of hydrogen-bond donors (Lipinski definition) is 2. The lowest BCUT2D eigenvalue weighted by Crippen LogP contribution is -2.42. The highest BCUT2D eigenvalue weighted by atomic mass is 19.4. The second-order valence-corrected chi connectivity index (χ2v) is 6.66. The zero-order valence-electron chi connectivity index (χ0n) is 14.5. The van der Waals surface area contributed by atoms with Gasteiger partial charge in [-0.1, -0.05) is 13.3 Å². The van der Waals surface area contributed by atoms with Gasteiger partial charge in [0.05, 0.1) is 12.5 Å². The third-order valence-corrected chi connectivity index (χ3v) is 5.01. The molecule has 144 valence electrons. The molecule has 0 radical (unpaired) electrons. The topological polar surface area (TPSA) is 91.2 Å². The van der Waals surface area contributed by atoms with Gasteiger partial charge < -0.3 is 15.2 Å². The Morgan fingerprint density at radius 2 is 2.11 bits per heavy atom. The molecule has 1 saturated heterocycles. The SMILES string of the molecule is CC[C@H]1CN(C(=O)NCC(F)(F)F)CC1c1cnc2cnc3[nH]cnc3n12. The number of likely N-dealkylation sites (tertiary alicyclic amines) is 1. The average Bonchev–Trinajstić information content (AvgIpc) is 3.33. The average molecular weight is 381 g/mol. The number of amides is 2. The summed E-state index contributed by atoms with van der Waals surface area (Å²) in [5.74, 6) is 0.0626. The number of fused-ring (bicyclic) bond motifs is 3. The first-order valence-electron chi connectivity index (χ1n) is 8.62. The number of rotatable bonds is 3. The van der Waals surface area contributed by atoms with E-state index in [9.17, 15) is 18.0 Å². The van der Waals surface area contributed by atoms with Gasteiger partial charge in [-0.2, -0.15) is 13.2 Å². The Labute approximate surface area is 151 Å². The van der Waals surface area contributed by atoms with Crippen molar-refractivity contribution in [2.45, 2.75) is 25.4 Å². The van der Waals surface area contributed by atoms with E-state index in [4.69, 9.17) is 0 Å². The largest absolute Gasteiger partial charge is 0.405 e. The van der Waals surface area contributed by atoms with Crippen molar-refractivity contribution in [3.8, 4) is 0 Å². The van der Waals surface area contributed by atoms with Gasteiger partial charge in [0.15, 0.2) is 16.9 Å². The van der Waals surface area contributed by atoms with Crippen molar-refractivity contribution in [3.05, 3.63) is 24.4 Å². The van der Waals surface area contributed by atoms with E-state index in [2.05, 4.69) is 19.9 Å². The number of H-pyrrole nitrogens is 1. The minimum Gasteiger partial charge on any atom is -0.329 e. The minimum atomic E-state index is -4.43. The van der Waals surface area contributed by atoms with Crippen molar-refractivity contribution in [1.29, 1.82) is 0 Å². The lowest BCUT2D eigenvalue weighted by molar-refractivity contribution is -0.123. The lowest BCUT2D eigenvalue weighted by Gasteiger charge is -2.18. The van der Waals surface area contributed by atoms with E-state index in [0.717, 1.165) is 12.1 Å². The highest BCUT2D eigenvalue weighted by Gasteiger charge is 2.38. The fourth-order valence-electron chi connectivity index (χ4n) is 3.70. The third-order valence-electron chi connectivity index (χ3n) is 5.01. The normalized spacial score (nSPS) is 20.7. The number of carbonyl (C=O) groups is 1. The Balaban J connectivity index is 1.63. The highest BCUT2D eigenvalue weighted by Crippen LogP contribution is 2.35. The van der Waals surface area contributed by atoms with E-state index in [1.807, 2.05) is 16.6 Å². The number of alkyl halides is 3. The van der Waals surface area contributed by atoms with Gasteiger partial charge in [0.1, 0.15) is 6.54 Å². The number of urea groups is 1. The maximum absolute atomic E-state index is 12.4. The molecule has 27 heavy (non-hydrogen) atoms. The molecular weight excluding hydrogens is 363 g/mol. The van der Waals surface area contributed by atoms with Gasteiger partial charge in [0.2, 0.25) is 0 Å². The van der Waals surface area contributed by atoms with Crippen LogP contribution in [0.3, 0.4) is 0 Å². The van der Waals surface area contributed by atoms with Gasteiger partial charge in [0, 0.05) is 30.9 Å². The molecule has 4 heterocycles. The van der Waals surface area contributed by atoms with E-state index in [-0.39, 0.29) is 11.8 Å². The molecule has 11 heteroatoms. The van der Waals surface area contributed by atoms with Crippen LogP contribution < -0.4 is 5.32 Å². The van der Waals surface area contributed by atoms with Crippen LogP contribution in [-0.2, 0) is 0 Å². The number of nitrogens with zero attached hydrogens (tertiary/aromatic N) is 5. The van der Waals surface area contributed by atoms with Crippen molar-refractivity contribution in [3.63, 3.8) is 0 Å². The van der Waals surface area contributed by atoms with E-state index < -0.39 is 18.8 Å². The van der Waals surface area contributed by atoms with Crippen molar-refractivity contribution in [2.75, 3.05) is 19.6 Å². The zero-order chi connectivity index (χ0) is 19.2. The Bertz CT molecular complexity index is 979. The van der Waals surface area contributed by atoms with Crippen LogP contribution in [0.15, 0.2) is 18.7 Å². The second kappa shape index (κ2) is 6.39. The van der Waals surface area contributed by atoms with Crippen molar-refractivity contribution >= 4 is 23.0 Å². The molecule has 0 aromatic carbocycles. The maximum Gasteiger partial charge on any atom is 0.405 e. The quantitative estimate of drug-likeness (QED) is 0.728. The van der Waals surface area contributed by atoms with Crippen LogP contribution in [0.4, 0.5) is 18.0 Å². The summed E-state index contributed by atoms with van der Waals surface area (Å²) in [6.45, 7) is 1.39. The van der Waals surface area contributed by atoms with Crippen LogP contribution in [0.5, 0.6) is 0 Å². The Kier molecular flexibility index (Phi) is 4.16. The first-order valence-corrected chi connectivity index (χ1v) is 8.62. The van der Waals surface area contributed by atoms with Crippen LogP contribution in [-0.4, -0.2) is 61.1 Å². The van der Waals surface area contributed by atoms with Gasteiger partial charge in [-0.05, 0) is 5.92 Å². The smallest absolute Gasteiger partial charge is 0.329 e. The first kappa shape index (κ1) is 17.6. The number of nitrogens with one attached hydrogen (secondary N) is 2. The van der Waals surface area contributed by atoms with Gasteiger partial charge in [-0.25, -0.2) is 19.7 Å². The van der Waals surface area contributed by atoms with Gasteiger partial charge >= 0.3 is 12.2 Å². The Hall–Kier alpha value is -2.85. The molecule has 1 aliphatic heterocycles. The molecule has 4 rings (SSSR count). The maximum atomic E-state index is 12.4. The summed E-state index contributed by atoms with van der Waals surface area (Å²) in [7, 11) is 0. The molecule has 1 fully saturated rings. The van der Waals surface area contributed by atoms with Gasteiger partial charge in [-0.3, -0.25) is 4.40 Å². The second-order valence-electron chi connectivity index (χ2n) is 6.66. The number of halogens is 3. The number of carbonyl (C=O) groups excluding carboxylic acids is 1. The number of aromatic amines is 1. The number of imidazole rings is 2. The fourth-order valence-corrected chi connectivity index (χ4v) is 3.70. The molecule has 1 unspecified atom stereocenters. The molecule has 2 atom stereocenters. The van der Waals surface area contributed by atoms with Crippen LogP contribution in [0, 0.1) is 5.92 Å². The molecule has 0 saturated carbocycles. The van der Waals surface area contributed by atoms with Crippen molar-refractivity contribution in [1.82, 2.24) is 34.6 Å². The molecule has 1 aliphatic rings. The lowest BCUT2D eigenvalue weighted by atomic mass is 9.91. The van der Waals surface area contributed by atoms with Crippen molar-refractivity contribution < 1.29 is 18.0 Å². The van der Waals surface area contributed by atoms with Crippen LogP contribution in [0.25, 0.3) is 16.9 Å². The summed E-state index contributed by atoms with van der Waals surface area (Å²) < 4.78 is 39.0. The number of aromatic nitrogens is 5. The zero-order valence-corrected chi connectivity index (χ0v) is 14.5. The Morgan fingerprint density at radius 1 is 1.30 bits per heavy atom. The Morgan fingerprint density at radius 3 is 2.85 bits per heavy atom.